The predicted octanol–water partition coefficient (Wildman–Crippen LogP) is 2.43. The summed E-state index contributed by atoms with van der Waals surface area (Å²) < 4.78 is 10.3. The molecule has 0 fully saturated rings. The molecule has 0 spiro atoms. The van der Waals surface area contributed by atoms with Gasteiger partial charge in [-0.15, -0.1) is 0 Å². The number of phenols is 1. The van der Waals surface area contributed by atoms with E-state index < -0.39 is 11.4 Å². The van der Waals surface area contributed by atoms with Gasteiger partial charge in [-0.05, 0) is 26.3 Å². The molecule has 1 heterocycles. The van der Waals surface area contributed by atoms with Gasteiger partial charge in [-0.3, -0.25) is 4.79 Å². The molecule has 0 bridgehead atoms. The number of benzene rings is 1. The maximum Gasteiger partial charge on any atom is 0.309 e. The van der Waals surface area contributed by atoms with Crippen LogP contribution in [0, 0.1) is 5.41 Å². The number of aromatic hydroxyl groups is 1. The minimum atomic E-state index is -1.01. The zero-order valence-corrected chi connectivity index (χ0v) is 10.7. The molecule has 1 aliphatic heterocycles. The summed E-state index contributed by atoms with van der Waals surface area (Å²) in [5.41, 5.74) is -0.578. The van der Waals surface area contributed by atoms with Crippen LogP contribution in [0.4, 0.5) is 0 Å². The standard InChI is InChI=1S/C12H13ClO5/c1-12(2,11(15)16)4-6-3-7-10(18-5-17-7)8(13)9(6)14/h3,14H,4-5H2,1-2H3,(H,15,16). The molecule has 2 N–H and O–H groups in total. The van der Waals surface area contributed by atoms with Gasteiger partial charge in [0.1, 0.15) is 10.8 Å². The third-order valence-corrected chi connectivity index (χ3v) is 3.22. The third-order valence-electron chi connectivity index (χ3n) is 2.87. The number of fused-ring (bicyclic) bond motifs is 1. The van der Waals surface area contributed by atoms with Gasteiger partial charge in [0, 0.05) is 5.56 Å². The first kappa shape index (κ1) is 12.8. The van der Waals surface area contributed by atoms with E-state index in [0.717, 1.165) is 0 Å². The molecule has 0 radical (unpaired) electrons. The Kier molecular flexibility index (Phi) is 3.02. The molecule has 0 saturated heterocycles. The Morgan fingerprint density at radius 3 is 2.78 bits per heavy atom. The number of carboxylic acids is 1. The highest BCUT2D eigenvalue weighted by Crippen LogP contribution is 2.47. The molecule has 5 nitrogen and oxygen atoms in total. The fourth-order valence-corrected chi connectivity index (χ4v) is 2.00. The van der Waals surface area contributed by atoms with E-state index in [9.17, 15) is 9.90 Å². The van der Waals surface area contributed by atoms with Crippen LogP contribution in [0.15, 0.2) is 6.07 Å². The highest BCUT2D eigenvalue weighted by atomic mass is 35.5. The largest absolute Gasteiger partial charge is 0.506 e. The van der Waals surface area contributed by atoms with E-state index in [4.69, 9.17) is 26.2 Å². The first-order chi connectivity index (χ1) is 8.33. The first-order valence-corrected chi connectivity index (χ1v) is 5.74. The number of phenolic OH excluding ortho intramolecular Hbond substituents is 1. The molecule has 6 heteroatoms. The maximum atomic E-state index is 11.1. The van der Waals surface area contributed by atoms with Gasteiger partial charge >= 0.3 is 5.97 Å². The molecule has 18 heavy (non-hydrogen) atoms. The number of hydrogen-bond donors (Lipinski definition) is 2. The lowest BCUT2D eigenvalue weighted by Gasteiger charge is -2.20. The summed E-state index contributed by atoms with van der Waals surface area (Å²) >= 11 is 5.95. The highest BCUT2D eigenvalue weighted by molar-refractivity contribution is 6.34. The topological polar surface area (TPSA) is 76.0 Å². The van der Waals surface area contributed by atoms with E-state index in [2.05, 4.69) is 0 Å². The fourth-order valence-electron chi connectivity index (χ4n) is 1.73. The molecule has 1 aromatic rings. The lowest BCUT2D eigenvalue weighted by atomic mass is 9.85. The molecule has 1 aliphatic rings. The Hall–Kier alpha value is -1.62. The van der Waals surface area contributed by atoms with Crippen LogP contribution >= 0.6 is 11.6 Å². The molecule has 0 aliphatic carbocycles. The summed E-state index contributed by atoms with van der Waals surface area (Å²) in [7, 11) is 0. The average molecular weight is 273 g/mol. The van der Waals surface area contributed by atoms with Gasteiger partial charge in [-0.25, -0.2) is 0 Å². The average Bonchev–Trinajstić information content (AvgIpc) is 2.73. The second kappa shape index (κ2) is 4.24. The molecule has 98 valence electrons. The van der Waals surface area contributed by atoms with Gasteiger partial charge in [-0.2, -0.15) is 0 Å². The molecule has 0 atom stereocenters. The zero-order chi connectivity index (χ0) is 13.5. The van der Waals surface area contributed by atoms with Crippen molar-refractivity contribution in [3.8, 4) is 17.2 Å². The molecule has 0 amide bonds. The number of carboxylic acid groups (broad SMARTS) is 1. The summed E-state index contributed by atoms with van der Waals surface area (Å²) in [4.78, 5) is 11.1. The summed E-state index contributed by atoms with van der Waals surface area (Å²) in [5.74, 6) is -0.383. The number of aliphatic carboxylic acids is 1. The Bertz CT molecular complexity index is 510. The number of rotatable bonds is 3. The molecule has 0 aromatic heterocycles. The van der Waals surface area contributed by atoms with Crippen molar-refractivity contribution < 1.29 is 24.5 Å². The normalized spacial score (nSPS) is 13.7. The number of hydrogen-bond acceptors (Lipinski definition) is 4. The van der Waals surface area contributed by atoms with Crippen LogP contribution in [0.1, 0.15) is 19.4 Å². The summed E-state index contributed by atoms with van der Waals surface area (Å²) in [6.07, 6.45) is 0.143. The van der Waals surface area contributed by atoms with Crippen molar-refractivity contribution in [3.05, 3.63) is 16.7 Å². The molecule has 0 saturated carbocycles. The van der Waals surface area contributed by atoms with Gasteiger partial charge in [0.25, 0.3) is 0 Å². The van der Waals surface area contributed by atoms with Gasteiger partial charge in [0.15, 0.2) is 11.5 Å². The molecule has 2 rings (SSSR count). The van der Waals surface area contributed by atoms with Crippen molar-refractivity contribution in [2.75, 3.05) is 6.79 Å². The zero-order valence-electron chi connectivity index (χ0n) is 9.99. The van der Waals surface area contributed by atoms with E-state index >= 15 is 0 Å². The molecular weight excluding hydrogens is 260 g/mol. The predicted molar refractivity (Wildman–Crippen MR) is 64.4 cm³/mol. The third kappa shape index (κ3) is 2.06. The summed E-state index contributed by atoms with van der Waals surface area (Å²) in [6.45, 7) is 3.20. The Balaban J connectivity index is 2.41. The Labute approximate surface area is 109 Å². The van der Waals surface area contributed by atoms with E-state index in [1.165, 1.54) is 0 Å². The van der Waals surface area contributed by atoms with E-state index in [-0.39, 0.29) is 24.0 Å². The van der Waals surface area contributed by atoms with Gasteiger partial charge < -0.3 is 19.7 Å². The minimum absolute atomic E-state index is 0.0419. The Morgan fingerprint density at radius 2 is 2.17 bits per heavy atom. The van der Waals surface area contributed by atoms with Crippen LogP contribution in [0.25, 0.3) is 0 Å². The lowest BCUT2D eigenvalue weighted by Crippen LogP contribution is -2.26. The van der Waals surface area contributed by atoms with Crippen LogP contribution in [-0.2, 0) is 11.2 Å². The van der Waals surface area contributed by atoms with Crippen LogP contribution in [-0.4, -0.2) is 23.0 Å². The van der Waals surface area contributed by atoms with E-state index in [1.54, 1.807) is 19.9 Å². The smallest absolute Gasteiger partial charge is 0.309 e. The summed E-state index contributed by atoms with van der Waals surface area (Å²) in [5, 5.41) is 19.1. The summed E-state index contributed by atoms with van der Waals surface area (Å²) in [6, 6.07) is 1.56. The second-order valence-electron chi connectivity index (χ2n) is 4.80. The molecule has 1 aromatic carbocycles. The number of carbonyl (C=O) groups is 1. The van der Waals surface area contributed by atoms with Crippen LogP contribution in [0.2, 0.25) is 5.02 Å². The van der Waals surface area contributed by atoms with Crippen molar-refractivity contribution in [2.45, 2.75) is 20.3 Å². The van der Waals surface area contributed by atoms with Crippen LogP contribution in [0.3, 0.4) is 0 Å². The quantitative estimate of drug-likeness (QED) is 0.884. The van der Waals surface area contributed by atoms with Gasteiger partial charge in [0.05, 0.1) is 5.41 Å². The molecule has 0 unspecified atom stereocenters. The van der Waals surface area contributed by atoms with E-state index in [0.29, 0.717) is 17.1 Å². The monoisotopic (exact) mass is 272 g/mol. The number of halogens is 1. The highest BCUT2D eigenvalue weighted by Gasteiger charge is 2.31. The maximum absolute atomic E-state index is 11.1. The second-order valence-corrected chi connectivity index (χ2v) is 5.18. The fraction of sp³-hybridized carbons (Fsp3) is 0.417. The van der Waals surface area contributed by atoms with Gasteiger partial charge in [-0.1, -0.05) is 11.6 Å². The Morgan fingerprint density at radius 1 is 1.50 bits per heavy atom. The minimum Gasteiger partial charge on any atom is -0.506 e. The first-order valence-electron chi connectivity index (χ1n) is 5.36. The number of ether oxygens (including phenoxy) is 2. The molecular formula is C12H13ClO5. The SMILES string of the molecule is CC(C)(Cc1cc2c(c(Cl)c1O)OCO2)C(=O)O. The van der Waals surface area contributed by atoms with E-state index in [1.807, 2.05) is 0 Å². The van der Waals surface area contributed by atoms with Crippen molar-refractivity contribution in [1.82, 2.24) is 0 Å². The van der Waals surface area contributed by atoms with Crippen LogP contribution in [0.5, 0.6) is 17.2 Å². The van der Waals surface area contributed by atoms with Gasteiger partial charge in [0.2, 0.25) is 6.79 Å². The van der Waals surface area contributed by atoms with Crippen LogP contribution < -0.4 is 9.47 Å². The van der Waals surface area contributed by atoms with Crippen molar-refractivity contribution in [2.24, 2.45) is 5.41 Å². The lowest BCUT2D eigenvalue weighted by molar-refractivity contribution is -0.146. The van der Waals surface area contributed by atoms with Crippen molar-refractivity contribution in [3.63, 3.8) is 0 Å². The van der Waals surface area contributed by atoms with Crippen molar-refractivity contribution in [1.29, 1.82) is 0 Å². The van der Waals surface area contributed by atoms with Crippen molar-refractivity contribution >= 4 is 17.6 Å².